The number of ether oxygens (including phenoxy) is 1. The van der Waals surface area contributed by atoms with E-state index in [9.17, 15) is 0 Å². The normalized spacial score (nSPS) is 12.4. The molecular weight excluding hydrogens is 304 g/mol. The first-order chi connectivity index (χ1) is 9.10. The van der Waals surface area contributed by atoms with Crippen LogP contribution in [0, 0.1) is 6.92 Å². The Hall–Kier alpha value is -1.29. The molecule has 0 saturated heterocycles. The molecule has 0 N–H and O–H groups in total. The number of aryl methyl sites for hydroxylation is 1. The van der Waals surface area contributed by atoms with Crippen molar-refractivity contribution in [1.82, 2.24) is 9.78 Å². The van der Waals surface area contributed by atoms with Gasteiger partial charge in [-0.25, -0.2) is 0 Å². The molecular formula is C15H19BrN2O. The van der Waals surface area contributed by atoms with Crippen molar-refractivity contribution in [2.75, 3.05) is 0 Å². The number of nitrogens with zero attached hydrogens (tertiary/aromatic N) is 2. The highest BCUT2D eigenvalue weighted by Gasteiger charge is 2.06. The van der Waals surface area contributed by atoms with E-state index < -0.39 is 0 Å². The van der Waals surface area contributed by atoms with Crippen molar-refractivity contribution in [3.05, 3.63) is 46.2 Å². The van der Waals surface area contributed by atoms with Gasteiger partial charge in [0.05, 0.1) is 10.2 Å². The van der Waals surface area contributed by atoms with E-state index in [0.717, 1.165) is 22.3 Å². The molecule has 1 unspecified atom stereocenters. The van der Waals surface area contributed by atoms with Crippen LogP contribution in [0.1, 0.15) is 37.6 Å². The maximum Gasteiger partial charge on any atom is 0.134 e. The number of halogens is 1. The van der Waals surface area contributed by atoms with Gasteiger partial charge in [0.1, 0.15) is 12.4 Å². The van der Waals surface area contributed by atoms with Crippen molar-refractivity contribution in [3.63, 3.8) is 0 Å². The molecule has 3 nitrogen and oxygen atoms in total. The molecule has 4 heteroatoms. The largest absolute Gasteiger partial charge is 0.486 e. The summed E-state index contributed by atoms with van der Waals surface area (Å²) in [5.74, 6) is 0.851. The molecule has 2 rings (SSSR count). The first-order valence-corrected chi connectivity index (χ1v) is 7.32. The molecule has 0 bridgehead atoms. The minimum atomic E-state index is 0.430. The second kappa shape index (κ2) is 6.24. The van der Waals surface area contributed by atoms with E-state index in [-0.39, 0.29) is 0 Å². The second-order valence-electron chi connectivity index (χ2n) is 4.77. The summed E-state index contributed by atoms with van der Waals surface area (Å²) in [6.45, 7) is 6.87. The molecule has 1 atom stereocenters. The smallest absolute Gasteiger partial charge is 0.134 e. The van der Waals surface area contributed by atoms with E-state index in [4.69, 9.17) is 4.74 Å². The van der Waals surface area contributed by atoms with Gasteiger partial charge in [-0.2, -0.15) is 5.10 Å². The molecule has 0 amide bonds. The minimum absolute atomic E-state index is 0.430. The van der Waals surface area contributed by atoms with Gasteiger partial charge in [0.25, 0.3) is 0 Å². The molecule has 2 aromatic rings. The van der Waals surface area contributed by atoms with Gasteiger partial charge in [-0.15, -0.1) is 0 Å². The molecule has 0 spiro atoms. The zero-order valence-corrected chi connectivity index (χ0v) is 13.1. The lowest BCUT2D eigenvalue weighted by molar-refractivity contribution is 0.296. The van der Waals surface area contributed by atoms with Gasteiger partial charge in [0.2, 0.25) is 0 Å². The van der Waals surface area contributed by atoms with Crippen molar-refractivity contribution in [1.29, 1.82) is 0 Å². The molecule has 0 radical (unpaired) electrons. The van der Waals surface area contributed by atoms with Crippen LogP contribution >= 0.6 is 15.9 Å². The number of aromatic nitrogens is 2. The van der Waals surface area contributed by atoms with Crippen molar-refractivity contribution >= 4 is 15.9 Å². The third-order valence-corrected chi connectivity index (χ3v) is 3.79. The van der Waals surface area contributed by atoms with E-state index >= 15 is 0 Å². The van der Waals surface area contributed by atoms with E-state index in [1.54, 1.807) is 0 Å². The highest BCUT2D eigenvalue weighted by atomic mass is 79.9. The summed E-state index contributed by atoms with van der Waals surface area (Å²) >= 11 is 3.51. The van der Waals surface area contributed by atoms with Crippen LogP contribution in [0.3, 0.4) is 0 Å². The van der Waals surface area contributed by atoms with Crippen molar-refractivity contribution in [2.45, 2.75) is 39.8 Å². The van der Waals surface area contributed by atoms with Crippen molar-refractivity contribution in [2.24, 2.45) is 0 Å². The van der Waals surface area contributed by atoms with Crippen LogP contribution in [0.4, 0.5) is 0 Å². The maximum atomic E-state index is 5.78. The molecule has 0 aliphatic heterocycles. The summed E-state index contributed by atoms with van der Waals surface area (Å²) < 4.78 is 8.75. The lowest BCUT2D eigenvalue weighted by Crippen LogP contribution is -2.05. The summed E-state index contributed by atoms with van der Waals surface area (Å²) in [6, 6.07) is 8.50. The molecule has 0 aliphatic carbocycles. The Balaban J connectivity index is 2.00. The SMILES string of the molecule is CCC(C)n1ccc(COc2ccc(C)cc2Br)n1. The Morgan fingerprint density at radius 2 is 2.16 bits per heavy atom. The molecule has 1 aromatic heterocycles. The topological polar surface area (TPSA) is 27.1 Å². The number of hydrogen-bond acceptors (Lipinski definition) is 2. The fourth-order valence-electron chi connectivity index (χ4n) is 1.76. The summed E-state index contributed by atoms with van der Waals surface area (Å²) in [5, 5.41) is 4.52. The van der Waals surface area contributed by atoms with Crippen LogP contribution in [0.5, 0.6) is 5.75 Å². The quantitative estimate of drug-likeness (QED) is 0.810. The molecule has 102 valence electrons. The summed E-state index contributed by atoms with van der Waals surface area (Å²) in [7, 11) is 0. The summed E-state index contributed by atoms with van der Waals surface area (Å²) in [6.07, 6.45) is 3.09. The van der Waals surface area contributed by atoms with Gasteiger partial charge < -0.3 is 4.74 Å². The van der Waals surface area contributed by atoms with Gasteiger partial charge in [0, 0.05) is 12.2 Å². The average molecular weight is 323 g/mol. The highest BCUT2D eigenvalue weighted by molar-refractivity contribution is 9.10. The van der Waals surface area contributed by atoms with Crippen LogP contribution in [0.15, 0.2) is 34.9 Å². The Morgan fingerprint density at radius 1 is 1.37 bits per heavy atom. The zero-order chi connectivity index (χ0) is 13.8. The van der Waals surface area contributed by atoms with Crippen LogP contribution in [0.2, 0.25) is 0 Å². The Bertz CT molecular complexity index is 551. The fraction of sp³-hybridized carbons (Fsp3) is 0.400. The Morgan fingerprint density at radius 3 is 2.84 bits per heavy atom. The van der Waals surface area contributed by atoms with Gasteiger partial charge in [-0.1, -0.05) is 13.0 Å². The molecule has 0 saturated carbocycles. The van der Waals surface area contributed by atoms with E-state index in [0.29, 0.717) is 12.6 Å². The second-order valence-corrected chi connectivity index (χ2v) is 5.62. The van der Waals surface area contributed by atoms with Crippen LogP contribution in [-0.4, -0.2) is 9.78 Å². The molecule has 19 heavy (non-hydrogen) atoms. The van der Waals surface area contributed by atoms with Crippen LogP contribution in [0.25, 0.3) is 0 Å². The number of hydrogen-bond donors (Lipinski definition) is 0. The Kier molecular flexibility index (Phi) is 4.64. The van der Waals surface area contributed by atoms with Gasteiger partial charge in [0.15, 0.2) is 0 Å². The third-order valence-electron chi connectivity index (χ3n) is 3.17. The zero-order valence-electron chi connectivity index (χ0n) is 11.6. The lowest BCUT2D eigenvalue weighted by Gasteiger charge is -2.09. The summed E-state index contributed by atoms with van der Waals surface area (Å²) in [5.41, 5.74) is 2.16. The summed E-state index contributed by atoms with van der Waals surface area (Å²) in [4.78, 5) is 0. The third kappa shape index (κ3) is 3.60. The van der Waals surface area contributed by atoms with Gasteiger partial charge in [-0.05, 0) is 60.0 Å². The monoisotopic (exact) mass is 322 g/mol. The molecule has 1 heterocycles. The molecule has 1 aromatic carbocycles. The Labute approximate surface area is 122 Å². The molecule has 0 fully saturated rings. The maximum absolute atomic E-state index is 5.78. The van der Waals surface area contributed by atoms with E-state index in [1.165, 1.54) is 5.56 Å². The number of rotatable bonds is 5. The first kappa shape index (κ1) is 14.1. The fourth-order valence-corrected chi connectivity index (χ4v) is 2.37. The van der Waals surface area contributed by atoms with Gasteiger partial charge in [-0.3, -0.25) is 4.68 Å². The molecule has 0 aliphatic rings. The predicted molar refractivity (Wildman–Crippen MR) is 80.4 cm³/mol. The minimum Gasteiger partial charge on any atom is -0.486 e. The first-order valence-electron chi connectivity index (χ1n) is 6.53. The van der Waals surface area contributed by atoms with Crippen molar-refractivity contribution < 1.29 is 4.74 Å². The van der Waals surface area contributed by atoms with E-state index in [1.807, 2.05) is 35.1 Å². The van der Waals surface area contributed by atoms with Crippen LogP contribution < -0.4 is 4.74 Å². The average Bonchev–Trinajstić information content (AvgIpc) is 2.85. The lowest BCUT2D eigenvalue weighted by atomic mass is 10.2. The van der Waals surface area contributed by atoms with Gasteiger partial charge >= 0.3 is 0 Å². The number of benzene rings is 1. The van der Waals surface area contributed by atoms with Crippen LogP contribution in [-0.2, 0) is 6.61 Å². The van der Waals surface area contributed by atoms with E-state index in [2.05, 4.69) is 41.8 Å². The van der Waals surface area contributed by atoms with Crippen molar-refractivity contribution in [3.8, 4) is 5.75 Å². The standard InChI is InChI=1S/C15H19BrN2O/c1-4-12(3)18-8-7-13(17-18)10-19-15-6-5-11(2)9-14(15)16/h5-9,12H,4,10H2,1-3H3. The predicted octanol–water partition coefficient (Wildman–Crippen LogP) is 4.50. The highest BCUT2D eigenvalue weighted by Crippen LogP contribution is 2.26.